The number of aliphatic imine (C=N–C) groups is 1. The van der Waals surface area contributed by atoms with Crippen molar-refractivity contribution >= 4 is 16.1 Å². The first-order valence-corrected chi connectivity index (χ1v) is 18.8. The van der Waals surface area contributed by atoms with Crippen LogP contribution in [0.5, 0.6) is 11.5 Å². The molecule has 8 N–H and O–H groups in total. The number of phenolic OH excluding ortho intramolecular Hbond substituents is 1. The third kappa shape index (κ3) is 7.84. The van der Waals surface area contributed by atoms with Gasteiger partial charge in [0.1, 0.15) is 17.6 Å². The molecular weight excluding hydrogens is 658 g/mol. The second-order valence-electron chi connectivity index (χ2n) is 13.7. The molecule has 3 aromatic rings. The van der Waals surface area contributed by atoms with E-state index in [0.717, 1.165) is 22.3 Å². The molecule has 0 aromatic heterocycles. The third-order valence-corrected chi connectivity index (χ3v) is 11.7. The average Bonchev–Trinajstić information content (AvgIpc) is 3.22. The van der Waals surface area contributed by atoms with Gasteiger partial charge in [-0.15, -0.1) is 0 Å². The Bertz CT molecular complexity index is 1780. The highest BCUT2D eigenvalue weighted by atomic mass is 32.2. The van der Waals surface area contributed by atoms with Crippen molar-refractivity contribution in [2.75, 3.05) is 13.2 Å². The first-order chi connectivity index (χ1) is 24.0. The van der Waals surface area contributed by atoms with E-state index in [2.05, 4.69) is 4.99 Å². The standard InChI is InChI=1S/C38H47N3O8S/c39-37(40)41-38(18-2-20-43)29-11-7-25(8-12-29)35-27-21-28(36(26-9-13-30(44)14-10-26)48-32(22-27)3-1-19-42)23-33(35)34(50(45,46)47)17-6-24-4-15-31(49-38)16-5-24/h4-5,7-16,23,27,32-36,42-44H,1-3,6,17-22H2,(H4,39,40,41)(H,45,46,47). The molecule has 6 bridgehead atoms. The summed E-state index contributed by atoms with van der Waals surface area (Å²) in [6.45, 7) is -0.0733. The molecule has 7 unspecified atom stereocenters. The van der Waals surface area contributed by atoms with Crippen LogP contribution in [0.25, 0.3) is 0 Å². The fourth-order valence-electron chi connectivity index (χ4n) is 8.20. The van der Waals surface area contributed by atoms with Crippen LogP contribution in [0.3, 0.4) is 0 Å². The maximum atomic E-state index is 13.4. The van der Waals surface area contributed by atoms with Crippen LogP contribution in [-0.4, -0.2) is 58.8 Å². The van der Waals surface area contributed by atoms with Crippen molar-refractivity contribution in [3.8, 4) is 11.5 Å². The highest BCUT2D eigenvalue weighted by Gasteiger charge is 2.47. The Morgan fingerprint density at radius 2 is 1.60 bits per heavy atom. The number of fused-ring (bicyclic) bond motifs is 2. The van der Waals surface area contributed by atoms with Gasteiger partial charge in [0.05, 0.1) is 11.4 Å². The van der Waals surface area contributed by atoms with Crippen molar-refractivity contribution in [1.82, 2.24) is 0 Å². The van der Waals surface area contributed by atoms with E-state index >= 15 is 0 Å². The summed E-state index contributed by atoms with van der Waals surface area (Å²) in [5.74, 6) is -0.491. The summed E-state index contributed by atoms with van der Waals surface area (Å²) in [5.41, 5.74) is 14.8. The van der Waals surface area contributed by atoms with Gasteiger partial charge in [-0.1, -0.05) is 54.6 Å². The van der Waals surface area contributed by atoms with Crippen LogP contribution in [0.1, 0.15) is 79.2 Å². The second kappa shape index (κ2) is 15.1. The SMILES string of the molecule is NC(N)=NC1(CCCO)Oc2ccc(cc2)CCC(S(=O)(=O)O)C2C=C3CC(CC(CCCO)OC3c3ccc(O)cc3)C2c2ccc1cc2. The summed E-state index contributed by atoms with van der Waals surface area (Å²) in [4.78, 5) is 4.58. The molecule has 50 heavy (non-hydrogen) atoms. The Labute approximate surface area is 293 Å². The van der Waals surface area contributed by atoms with Crippen molar-refractivity contribution in [2.45, 2.75) is 80.5 Å². The first kappa shape index (κ1) is 35.9. The Kier molecular flexibility index (Phi) is 10.8. The quantitative estimate of drug-likeness (QED) is 0.0777. The van der Waals surface area contributed by atoms with Gasteiger partial charge in [-0.05, 0) is 103 Å². The number of aliphatic hydroxyl groups is 2. The number of aliphatic hydroxyl groups excluding tert-OH is 2. The van der Waals surface area contributed by atoms with Gasteiger partial charge in [0.15, 0.2) is 5.96 Å². The van der Waals surface area contributed by atoms with Crippen LogP contribution in [0.4, 0.5) is 0 Å². The van der Waals surface area contributed by atoms with Crippen LogP contribution in [0.2, 0.25) is 0 Å². The van der Waals surface area contributed by atoms with Gasteiger partial charge < -0.3 is 36.3 Å². The molecule has 5 aliphatic heterocycles. The predicted octanol–water partition coefficient (Wildman–Crippen LogP) is 4.82. The summed E-state index contributed by atoms with van der Waals surface area (Å²) in [7, 11) is -4.53. The molecule has 0 radical (unpaired) electrons. The minimum absolute atomic E-state index is 0.0201. The number of phenols is 1. The van der Waals surface area contributed by atoms with E-state index in [1.54, 1.807) is 24.3 Å². The molecule has 268 valence electrons. The maximum absolute atomic E-state index is 13.4. The lowest BCUT2D eigenvalue weighted by molar-refractivity contribution is -0.00268. The maximum Gasteiger partial charge on any atom is 0.268 e. The molecule has 1 fully saturated rings. The molecule has 3 aromatic carbocycles. The Morgan fingerprint density at radius 3 is 2.24 bits per heavy atom. The van der Waals surface area contributed by atoms with E-state index in [1.807, 2.05) is 54.6 Å². The molecule has 7 atom stereocenters. The highest BCUT2D eigenvalue weighted by molar-refractivity contribution is 7.86. The molecule has 1 saturated heterocycles. The first-order valence-electron chi connectivity index (χ1n) is 17.3. The zero-order valence-corrected chi connectivity index (χ0v) is 28.8. The lowest BCUT2D eigenvalue weighted by atomic mass is 9.66. The minimum atomic E-state index is -4.53. The zero-order valence-electron chi connectivity index (χ0n) is 28.0. The van der Waals surface area contributed by atoms with Crippen molar-refractivity contribution in [2.24, 2.45) is 28.3 Å². The number of hydrogen-bond donors (Lipinski definition) is 6. The van der Waals surface area contributed by atoms with Gasteiger partial charge in [-0.2, -0.15) is 8.42 Å². The van der Waals surface area contributed by atoms with E-state index in [1.165, 1.54) is 0 Å². The molecule has 0 amide bonds. The number of aryl methyl sites for hydroxylation is 1. The lowest BCUT2D eigenvalue weighted by Crippen LogP contribution is -2.39. The topological polar surface area (TPSA) is 198 Å². The highest BCUT2D eigenvalue weighted by Crippen LogP contribution is 2.53. The summed E-state index contributed by atoms with van der Waals surface area (Å²) in [5, 5.41) is 28.4. The molecule has 0 spiro atoms. The molecule has 5 heterocycles. The fourth-order valence-corrected chi connectivity index (χ4v) is 9.26. The van der Waals surface area contributed by atoms with Crippen molar-refractivity contribution < 1.29 is 37.8 Å². The number of ether oxygens (including phenoxy) is 2. The number of hydrogen-bond acceptors (Lipinski definition) is 8. The third-order valence-electron chi connectivity index (χ3n) is 10.4. The smallest absolute Gasteiger partial charge is 0.268 e. The monoisotopic (exact) mass is 705 g/mol. The Hall–Kier alpha value is -3.94. The number of nitrogens with zero attached hydrogens (tertiary/aromatic N) is 1. The van der Waals surface area contributed by atoms with Gasteiger partial charge in [-0.25, -0.2) is 4.99 Å². The van der Waals surface area contributed by atoms with Crippen molar-refractivity contribution in [1.29, 1.82) is 0 Å². The summed E-state index contributed by atoms with van der Waals surface area (Å²) < 4.78 is 51.0. The number of aromatic hydroxyl groups is 1. The summed E-state index contributed by atoms with van der Waals surface area (Å²) in [6.07, 6.45) is 4.95. The van der Waals surface area contributed by atoms with Gasteiger partial charge >= 0.3 is 0 Å². The fraction of sp³-hybridized carbons (Fsp3) is 0.447. The van der Waals surface area contributed by atoms with Crippen molar-refractivity contribution in [3.05, 3.63) is 107 Å². The Morgan fingerprint density at radius 1 is 0.920 bits per heavy atom. The molecule has 11 nitrogen and oxygen atoms in total. The normalized spacial score (nSPS) is 27.9. The lowest BCUT2D eigenvalue weighted by Gasteiger charge is -2.40. The van der Waals surface area contributed by atoms with Gasteiger partial charge in [-0.3, -0.25) is 4.55 Å². The van der Waals surface area contributed by atoms with E-state index in [4.69, 9.17) is 20.9 Å². The minimum Gasteiger partial charge on any atom is -0.508 e. The molecule has 6 aliphatic rings. The zero-order chi connectivity index (χ0) is 35.5. The van der Waals surface area contributed by atoms with Crippen LogP contribution in [-0.2, 0) is 27.0 Å². The second-order valence-corrected chi connectivity index (χ2v) is 15.4. The van der Waals surface area contributed by atoms with E-state index in [9.17, 15) is 28.3 Å². The molecule has 9 rings (SSSR count). The van der Waals surface area contributed by atoms with E-state index in [0.29, 0.717) is 49.8 Å². The molecule has 0 saturated carbocycles. The average molecular weight is 706 g/mol. The number of rotatable bonds is 9. The van der Waals surface area contributed by atoms with E-state index < -0.39 is 33.1 Å². The van der Waals surface area contributed by atoms with Gasteiger partial charge in [0, 0.05) is 31.1 Å². The molecule has 12 heteroatoms. The van der Waals surface area contributed by atoms with Crippen molar-refractivity contribution in [3.63, 3.8) is 0 Å². The number of guanidine groups is 1. The van der Waals surface area contributed by atoms with Crippen LogP contribution >= 0.6 is 0 Å². The largest absolute Gasteiger partial charge is 0.508 e. The Balaban J connectivity index is 1.54. The van der Waals surface area contributed by atoms with Crippen LogP contribution < -0.4 is 16.2 Å². The number of benzene rings is 3. The van der Waals surface area contributed by atoms with Gasteiger partial charge in [0.2, 0.25) is 5.72 Å². The molecule has 1 aliphatic carbocycles. The van der Waals surface area contributed by atoms with Gasteiger partial charge in [0.25, 0.3) is 10.1 Å². The number of nitrogens with two attached hydrogens (primary N) is 2. The molecular formula is C38H47N3O8S. The predicted molar refractivity (Wildman–Crippen MR) is 190 cm³/mol. The van der Waals surface area contributed by atoms with Crippen LogP contribution in [0, 0.1) is 11.8 Å². The van der Waals surface area contributed by atoms with Crippen LogP contribution in [0.15, 0.2) is 89.4 Å². The summed E-state index contributed by atoms with van der Waals surface area (Å²) >= 11 is 0. The number of allylic oxidation sites excluding steroid dienone is 1. The van der Waals surface area contributed by atoms with E-state index in [-0.39, 0.29) is 55.7 Å². The summed E-state index contributed by atoms with van der Waals surface area (Å²) in [6, 6.07) is 21.9.